The summed E-state index contributed by atoms with van der Waals surface area (Å²) in [4.78, 5) is 13.2. The number of alkyl halides is 1. The number of amides is 1. The highest BCUT2D eigenvalue weighted by Gasteiger charge is 2.27. The number of allylic oxidation sites excluding steroid dienone is 2. The van der Waals surface area contributed by atoms with Gasteiger partial charge in [-0.3, -0.25) is 10.2 Å². The van der Waals surface area contributed by atoms with Gasteiger partial charge in [0.05, 0.1) is 0 Å². The number of nitrogens with two attached hydrogens (primary N) is 1. The smallest absolute Gasteiger partial charge is 0.250 e. The van der Waals surface area contributed by atoms with Crippen LogP contribution >= 0.6 is 22.6 Å². The van der Waals surface area contributed by atoms with Crippen LogP contribution in [0.5, 0.6) is 0 Å². The maximum absolute atomic E-state index is 13.2. The van der Waals surface area contributed by atoms with E-state index in [4.69, 9.17) is 11.1 Å². The van der Waals surface area contributed by atoms with E-state index in [2.05, 4.69) is 102 Å². The van der Waals surface area contributed by atoms with E-state index in [0.29, 0.717) is 12.5 Å². The van der Waals surface area contributed by atoms with Crippen LogP contribution in [0, 0.1) is 17.2 Å². The molecule has 0 saturated carbocycles. The van der Waals surface area contributed by atoms with Crippen molar-refractivity contribution < 1.29 is 4.79 Å². The molecule has 0 aliphatic heterocycles. The third-order valence-electron chi connectivity index (χ3n) is 7.45. The molecule has 0 bridgehead atoms. The van der Waals surface area contributed by atoms with Crippen molar-refractivity contribution in [1.29, 1.82) is 5.41 Å². The molecule has 5 heteroatoms. The predicted molar refractivity (Wildman–Crippen MR) is 171 cm³/mol. The molecule has 1 aliphatic rings. The van der Waals surface area contributed by atoms with E-state index in [1.807, 2.05) is 48.5 Å². The molecule has 1 aliphatic carbocycles. The quantitative estimate of drug-likeness (QED) is 0.0939. The summed E-state index contributed by atoms with van der Waals surface area (Å²) >= 11 is 2.44. The Morgan fingerprint density at radius 1 is 1.08 bits per heavy atom. The van der Waals surface area contributed by atoms with Crippen LogP contribution in [-0.2, 0) is 16.6 Å². The van der Waals surface area contributed by atoms with Crippen LogP contribution in [0.1, 0.15) is 35.6 Å². The molecule has 3 aromatic carbocycles. The van der Waals surface area contributed by atoms with Gasteiger partial charge in [0.1, 0.15) is 5.84 Å². The van der Waals surface area contributed by atoms with E-state index in [1.165, 1.54) is 5.56 Å². The number of amidine groups is 1. The molecule has 0 spiro atoms. The van der Waals surface area contributed by atoms with Gasteiger partial charge in [0.2, 0.25) is 0 Å². The highest BCUT2D eigenvalue weighted by atomic mass is 127. The van der Waals surface area contributed by atoms with Gasteiger partial charge >= 0.3 is 0 Å². The second-order valence-electron chi connectivity index (χ2n) is 10.4. The molecule has 0 saturated heterocycles. The Bertz CT molecular complexity index is 1360. The van der Waals surface area contributed by atoms with E-state index in [9.17, 15) is 4.79 Å². The number of hydrogen-bond donors (Lipinski definition) is 3. The zero-order valence-electron chi connectivity index (χ0n) is 22.3. The maximum Gasteiger partial charge on any atom is 0.250 e. The summed E-state index contributed by atoms with van der Waals surface area (Å²) < 4.78 is 0.930. The van der Waals surface area contributed by atoms with Gasteiger partial charge in [0.25, 0.3) is 5.91 Å². The minimum atomic E-state index is -0.104. The SMILES string of the molecule is CC1(c2ccccc2)C=CC(C(=O)NCC(/C=C/c2ccccc2)C(CI)Cc2cccc(C(=N)N)c2)=CC1. The Morgan fingerprint density at radius 3 is 2.44 bits per heavy atom. The molecule has 3 aromatic rings. The molecule has 0 fully saturated rings. The summed E-state index contributed by atoms with van der Waals surface area (Å²) in [6.07, 6.45) is 12.2. The lowest BCUT2D eigenvalue weighted by Crippen LogP contribution is -2.34. The lowest BCUT2D eigenvalue weighted by Gasteiger charge is -2.29. The second-order valence-corrected chi connectivity index (χ2v) is 11.2. The van der Waals surface area contributed by atoms with Crippen molar-refractivity contribution in [1.82, 2.24) is 5.32 Å². The van der Waals surface area contributed by atoms with E-state index >= 15 is 0 Å². The van der Waals surface area contributed by atoms with E-state index in [0.717, 1.165) is 39.5 Å². The minimum Gasteiger partial charge on any atom is -0.384 e. The van der Waals surface area contributed by atoms with Crippen molar-refractivity contribution >= 4 is 40.4 Å². The number of nitrogens with one attached hydrogen (secondary N) is 2. The molecule has 39 heavy (non-hydrogen) atoms. The van der Waals surface area contributed by atoms with Crippen LogP contribution in [0.25, 0.3) is 6.08 Å². The van der Waals surface area contributed by atoms with Crippen molar-refractivity contribution in [2.24, 2.45) is 17.6 Å². The van der Waals surface area contributed by atoms with Crippen molar-refractivity contribution in [3.8, 4) is 0 Å². The highest BCUT2D eigenvalue weighted by Crippen LogP contribution is 2.33. The predicted octanol–water partition coefficient (Wildman–Crippen LogP) is 6.85. The number of nitrogen functional groups attached to an aromatic ring is 1. The number of benzene rings is 3. The standard InChI is InChI=1S/C34H36IN3O/c1-34(31-13-6-3-7-14-31)19-17-27(18-20-34)33(39)38-24-29(16-15-25-9-4-2-5-10-25)30(23-35)22-26-11-8-12-28(21-26)32(36)37/h2-19,21,29-30H,20,22-24H2,1H3,(H3,36,37)(H,38,39)/b16-15+. The number of halogens is 1. The van der Waals surface area contributed by atoms with Crippen molar-refractivity contribution in [2.45, 2.75) is 25.2 Å². The van der Waals surface area contributed by atoms with Gasteiger partial charge in [-0.05, 0) is 47.4 Å². The Kier molecular flexibility index (Phi) is 9.93. The van der Waals surface area contributed by atoms with E-state index in [1.54, 1.807) is 0 Å². The number of carbonyl (C=O) groups excluding carboxylic acids is 1. The molecule has 0 heterocycles. The lowest BCUT2D eigenvalue weighted by atomic mass is 9.76. The molecule has 0 radical (unpaired) electrons. The Labute approximate surface area is 245 Å². The van der Waals surface area contributed by atoms with Gasteiger partial charge in [-0.2, -0.15) is 0 Å². The molecule has 3 atom stereocenters. The van der Waals surface area contributed by atoms with Gasteiger partial charge in [-0.1, -0.05) is 139 Å². The first-order chi connectivity index (χ1) is 18.9. The molecule has 1 amide bonds. The average molecular weight is 630 g/mol. The van der Waals surface area contributed by atoms with Gasteiger partial charge in [0, 0.05) is 27.5 Å². The average Bonchev–Trinajstić information content (AvgIpc) is 2.97. The molecular weight excluding hydrogens is 593 g/mol. The largest absolute Gasteiger partial charge is 0.384 e. The topological polar surface area (TPSA) is 79.0 Å². The fourth-order valence-electron chi connectivity index (χ4n) is 4.93. The van der Waals surface area contributed by atoms with Crippen LogP contribution in [-0.4, -0.2) is 22.7 Å². The van der Waals surface area contributed by atoms with Crippen LogP contribution in [0.4, 0.5) is 0 Å². The first kappa shape index (κ1) is 28.6. The van der Waals surface area contributed by atoms with Crippen LogP contribution in [0.3, 0.4) is 0 Å². The fourth-order valence-corrected chi connectivity index (χ4v) is 5.89. The molecule has 4 N–H and O–H groups in total. The number of carbonyl (C=O) groups is 1. The summed E-state index contributed by atoms with van der Waals surface area (Å²) in [5, 5.41) is 11.0. The first-order valence-electron chi connectivity index (χ1n) is 13.3. The van der Waals surface area contributed by atoms with Gasteiger partial charge in [0.15, 0.2) is 0 Å². The zero-order chi connectivity index (χ0) is 27.7. The summed E-state index contributed by atoms with van der Waals surface area (Å²) in [6.45, 7) is 2.75. The van der Waals surface area contributed by atoms with E-state index in [-0.39, 0.29) is 23.1 Å². The Morgan fingerprint density at radius 2 is 1.79 bits per heavy atom. The fraction of sp³-hybridized carbons (Fsp3) is 0.235. The van der Waals surface area contributed by atoms with Crippen molar-refractivity contribution in [3.63, 3.8) is 0 Å². The Balaban J connectivity index is 1.47. The zero-order valence-corrected chi connectivity index (χ0v) is 24.5. The van der Waals surface area contributed by atoms with Crippen molar-refractivity contribution in [3.05, 3.63) is 137 Å². The van der Waals surface area contributed by atoms with Crippen LogP contribution < -0.4 is 11.1 Å². The van der Waals surface area contributed by atoms with E-state index < -0.39 is 0 Å². The Hall–Kier alpha value is -3.45. The van der Waals surface area contributed by atoms with Crippen LogP contribution in [0.2, 0.25) is 0 Å². The third-order valence-corrected chi connectivity index (χ3v) is 8.58. The van der Waals surface area contributed by atoms with Crippen LogP contribution in [0.15, 0.2) is 115 Å². The monoisotopic (exact) mass is 629 g/mol. The molecule has 4 rings (SSSR count). The lowest BCUT2D eigenvalue weighted by molar-refractivity contribution is -0.117. The minimum absolute atomic E-state index is 0.0368. The summed E-state index contributed by atoms with van der Waals surface area (Å²) in [5.74, 6) is 0.471. The van der Waals surface area contributed by atoms with Crippen molar-refractivity contribution in [2.75, 3.05) is 11.0 Å². The summed E-state index contributed by atoms with van der Waals surface area (Å²) in [7, 11) is 0. The molecular formula is C34H36IN3O. The highest BCUT2D eigenvalue weighted by molar-refractivity contribution is 14.1. The molecule has 0 aromatic heterocycles. The molecule has 200 valence electrons. The second kappa shape index (κ2) is 13.6. The third kappa shape index (κ3) is 7.79. The molecule has 4 nitrogen and oxygen atoms in total. The summed E-state index contributed by atoms with van der Waals surface area (Å²) in [6, 6.07) is 28.6. The maximum atomic E-state index is 13.2. The van der Waals surface area contributed by atoms with Gasteiger partial charge in [-0.25, -0.2) is 0 Å². The van der Waals surface area contributed by atoms with Gasteiger partial charge < -0.3 is 11.1 Å². The first-order valence-corrected chi connectivity index (χ1v) is 14.9. The van der Waals surface area contributed by atoms with Gasteiger partial charge in [-0.15, -0.1) is 0 Å². The number of rotatable bonds is 11. The normalized spacial score (nSPS) is 18.4. The summed E-state index contributed by atoms with van der Waals surface area (Å²) in [5.41, 5.74) is 10.6. The molecule has 3 unspecified atom stereocenters. The number of hydrogen-bond acceptors (Lipinski definition) is 2.